The average molecular weight is 263 g/mol. The van der Waals surface area contributed by atoms with Crippen LogP contribution < -0.4 is 15.4 Å². The van der Waals surface area contributed by atoms with Crippen molar-refractivity contribution in [1.29, 1.82) is 0 Å². The highest BCUT2D eigenvalue weighted by molar-refractivity contribution is 5.95. The van der Waals surface area contributed by atoms with Crippen LogP contribution in [0.1, 0.15) is 0 Å². The minimum atomic E-state index is -4.83. The van der Waals surface area contributed by atoms with Gasteiger partial charge in [-0.25, -0.2) is 4.39 Å². The monoisotopic (exact) mass is 263 g/mol. The number of hydrogen-bond acceptors (Lipinski definition) is 4. The fourth-order valence-corrected chi connectivity index (χ4v) is 1.42. The van der Waals surface area contributed by atoms with Crippen molar-refractivity contribution in [1.82, 2.24) is 5.32 Å². The number of rotatable bonds is 2. The molecule has 0 saturated carbocycles. The lowest BCUT2D eigenvalue weighted by Gasteiger charge is -2.14. The van der Waals surface area contributed by atoms with Gasteiger partial charge in [0.05, 0.1) is 12.2 Å². The molecule has 8 heteroatoms. The molecule has 0 bridgehead atoms. The molecule has 0 unspecified atom stereocenters. The molecule has 1 aliphatic heterocycles. The topological polar surface area (TPSA) is 45.6 Å². The molecule has 4 nitrogen and oxygen atoms in total. The number of guanidine groups is 1. The van der Waals surface area contributed by atoms with E-state index in [0.29, 0.717) is 13.1 Å². The first kappa shape index (κ1) is 12.5. The summed E-state index contributed by atoms with van der Waals surface area (Å²) >= 11 is 0. The van der Waals surface area contributed by atoms with Crippen molar-refractivity contribution < 1.29 is 22.3 Å². The van der Waals surface area contributed by atoms with Crippen LogP contribution in [0.3, 0.4) is 0 Å². The van der Waals surface area contributed by atoms with E-state index >= 15 is 0 Å². The maximum absolute atomic E-state index is 13.0. The van der Waals surface area contributed by atoms with Crippen LogP contribution in [0.15, 0.2) is 23.2 Å². The zero-order valence-corrected chi connectivity index (χ0v) is 9.01. The molecule has 0 amide bonds. The minimum absolute atomic E-state index is 0.138. The van der Waals surface area contributed by atoms with Crippen LogP contribution in [0.2, 0.25) is 0 Å². The molecular weight excluding hydrogens is 254 g/mol. The lowest BCUT2D eigenvalue weighted by molar-refractivity contribution is -0.274. The Morgan fingerprint density at radius 2 is 2.11 bits per heavy atom. The first-order valence-electron chi connectivity index (χ1n) is 5.05. The van der Waals surface area contributed by atoms with Gasteiger partial charge >= 0.3 is 6.36 Å². The highest BCUT2D eigenvalue weighted by Crippen LogP contribution is 2.30. The summed E-state index contributed by atoms with van der Waals surface area (Å²) in [5, 5.41) is 5.34. The van der Waals surface area contributed by atoms with Crippen LogP contribution in [-0.4, -0.2) is 25.4 Å². The summed E-state index contributed by atoms with van der Waals surface area (Å²) in [4.78, 5) is 3.93. The quantitative estimate of drug-likeness (QED) is 0.803. The predicted molar refractivity (Wildman–Crippen MR) is 57.0 cm³/mol. The fourth-order valence-electron chi connectivity index (χ4n) is 1.42. The molecule has 0 aromatic heterocycles. The number of ether oxygens (including phenoxy) is 1. The standard InChI is InChI=1S/C10H9F4N3O/c11-6-1-2-8(18-10(12,13)14)7(5-6)17-9-15-3-4-16-9/h1-2,5H,3-4H2,(H2,15,16,17). The van der Waals surface area contributed by atoms with Gasteiger partial charge in [-0.2, -0.15) is 0 Å². The SMILES string of the molecule is Fc1ccc(OC(F)(F)F)c(NC2=NCCN2)c1. The van der Waals surface area contributed by atoms with Crippen molar-refractivity contribution in [2.24, 2.45) is 4.99 Å². The molecule has 0 fully saturated rings. The first-order valence-corrected chi connectivity index (χ1v) is 5.05. The number of nitrogens with one attached hydrogen (secondary N) is 2. The van der Waals surface area contributed by atoms with E-state index in [4.69, 9.17) is 0 Å². The summed E-state index contributed by atoms with van der Waals surface area (Å²) in [6.45, 7) is 1.08. The summed E-state index contributed by atoms with van der Waals surface area (Å²) in [6, 6.07) is 2.69. The van der Waals surface area contributed by atoms with Gasteiger partial charge in [-0.15, -0.1) is 13.2 Å². The second-order valence-corrected chi connectivity index (χ2v) is 3.47. The third-order valence-corrected chi connectivity index (χ3v) is 2.09. The molecule has 1 aromatic carbocycles. The fraction of sp³-hybridized carbons (Fsp3) is 0.300. The van der Waals surface area contributed by atoms with Gasteiger partial charge in [0.15, 0.2) is 11.7 Å². The average Bonchev–Trinajstić information content (AvgIpc) is 2.73. The van der Waals surface area contributed by atoms with Crippen molar-refractivity contribution in [2.75, 3.05) is 18.4 Å². The Kier molecular flexibility index (Phi) is 3.26. The molecule has 0 radical (unpaired) electrons. The lowest BCUT2D eigenvalue weighted by Crippen LogP contribution is -2.27. The molecular formula is C10H9F4N3O. The molecule has 0 saturated heterocycles. The number of anilines is 1. The van der Waals surface area contributed by atoms with Gasteiger partial charge in [0.2, 0.25) is 0 Å². The maximum Gasteiger partial charge on any atom is 0.573 e. The van der Waals surface area contributed by atoms with E-state index in [1.807, 2.05) is 0 Å². The van der Waals surface area contributed by atoms with Crippen LogP contribution in [0.4, 0.5) is 23.2 Å². The number of nitrogens with zero attached hydrogens (tertiary/aromatic N) is 1. The van der Waals surface area contributed by atoms with E-state index in [1.54, 1.807) is 0 Å². The number of halogens is 4. The zero-order chi connectivity index (χ0) is 13.2. The second-order valence-electron chi connectivity index (χ2n) is 3.47. The van der Waals surface area contributed by atoms with Crippen molar-refractivity contribution in [3.63, 3.8) is 0 Å². The van der Waals surface area contributed by atoms with Gasteiger partial charge in [-0.1, -0.05) is 0 Å². The molecule has 98 valence electrons. The molecule has 2 rings (SSSR count). The third kappa shape index (κ3) is 3.25. The normalized spacial score (nSPS) is 15.0. The van der Waals surface area contributed by atoms with Crippen LogP contribution in [-0.2, 0) is 0 Å². The van der Waals surface area contributed by atoms with Crippen molar-refractivity contribution in [2.45, 2.75) is 6.36 Å². The van der Waals surface area contributed by atoms with Crippen molar-refractivity contribution >= 4 is 11.6 Å². The van der Waals surface area contributed by atoms with Crippen LogP contribution in [0.5, 0.6) is 5.75 Å². The van der Waals surface area contributed by atoms with Gasteiger partial charge in [0.25, 0.3) is 0 Å². The van der Waals surface area contributed by atoms with E-state index in [1.165, 1.54) is 0 Å². The third-order valence-electron chi connectivity index (χ3n) is 2.09. The Morgan fingerprint density at radius 3 is 2.72 bits per heavy atom. The molecule has 2 N–H and O–H groups in total. The molecule has 18 heavy (non-hydrogen) atoms. The summed E-state index contributed by atoms with van der Waals surface area (Å²) in [5.41, 5.74) is -0.138. The smallest absolute Gasteiger partial charge is 0.404 e. The van der Waals surface area contributed by atoms with E-state index < -0.39 is 17.9 Å². The van der Waals surface area contributed by atoms with E-state index in [2.05, 4.69) is 20.4 Å². The number of aliphatic imine (C=N–C) groups is 1. The largest absolute Gasteiger partial charge is 0.573 e. The van der Waals surface area contributed by atoms with Gasteiger partial charge < -0.3 is 15.4 Å². The number of alkyl halides is 3. The summed E-state index contributed by atoms with van der Waals surface area (Å²) in [7, 11) is 0. The molecule has 1 aliphatic rings. The molecule has 0 spiro atoms. The molecule has 0 atom stereocenters. The highest BCUT2D eigenvalue weighted by atomic mass is 19.4. The summed E-state index contributed by atoms with van der Waals surface area (Å²) < 4.78 is 53.2. The second kappa shape index (κ2) is 4.71. The molecule has 0 aliphatic carbocycles. The van der Waals surface area contributed by atoms with Crippen molar-refractivity contribution in [3.8, 4) is 5.75 Å². The number of benzene rings is 1. The Bertz CT molecular complexity index is 473. The van der Waals surface area contributed by atoms with Gasteiger partial charge in [-0.3, -0.25) is 4.99 Å². The zero-order valence-electron chi connectivity index (χ0n) is 9.01. The Labute approximate surface area is 99.7 Å². The molecule has 1 heterocycles. The Morgan fingerprint density at radius 1 is 1.33 bits per heavy atom. The summed E-state index contributed by atoms with van der Waals surface area (Å²) in [5.74, 6) is -0.904. The lowest BCUT2D eigenvalue weighted by atomic mass is 10.3. The van der Waals surface area contributed by atoms with Gasteiger partial charge in [0, 0.05) is 12.6 Å². The van der Waals surface area contributed by atoms with E-state index in [-0.39, 0.29) is 11.6 Å². The Hall–Kier alpha value is -1.99. The molecule has 1 aromatic rings. The minimum Gasteiger partial charge on any atom is -0.404 e. The van der Waals surface area contributed by atoms with Gasteiger partial charge in [0.1, 0.15) is 5.82 Å². The predicted octanol–water partition coefficient (Wildman–Crippen LogP) is 2.10. The maximum atomic E-state index is 13.0. The van der Waals surface area contributed by atoms with Crippen molar-refractivity contribution in [3.05, 3.63) is 24.0 Å². The van der Waals surface area contributed by atoms with E-state index in [9.17, 15) is 17.6 Å². The summed E-state index contributed by atoms with van der Waals surface area (Å²) in [6.07, 6.45) is -4.83. The van der Waals surface area contributed by atoms with Crippen LogP contribution in [0, 0.1) is 5.82 Å². The number of hydrogen-bond donors (Lipinski definition) is 2. The Balaban J connectivity index is 2.22. The van der Waals surface area contributed by atoms with E-state index in [0.717, 1.165) is 18.2 Å². The van der Waals surface area contributed by atoms with Crippen LogP contribution in [0.25, 0.3) is 0 Å². The highest BCUT2D eigenvalue weighted by Gasteiger charge is 2.32. The van der Waals surface area contributed by atoms with Gasteiger partial charge in [-0.05, 0) is 12.1 Å². The van der Waals surface area contributed by atoms with Crippen LogP contribution >= 0.6 is 0 Å². The first-order chi connectivity index (χ1) is 8.44.